The number of nitrogens with one attached hydrogen (secondary N) is 2. The lowest BCUT2D eigenvalue weighted by atomic mass is 9.98. The van der Waals surface area contributed by atoms with E-state index < -0.39 is 16.6 Å². The van der Waals surface area contributed by atoms with Crippen molar-refractivity contribution in [3.8, 4) is 16.9 Å². The fourth-order valence-corrected chi connectivity index (χ4v) is 5.16. The van der Waals surface area contributed by atoms with Crippen LogP contribution in [0.3, 0.4) is 0 Å². The van der Waals surface area contributed by atoms with Crippen molar-refractivity contribution in [2.24, 2.45) is 0 Å². The molecule has 0 unspecified atom stereocenters. The minimum atomic E-state index is -5.18. The van der Waals surface area contributed by atoms with Crippen molar-refractivity contribution in [3.63, 3.8) is 0 Å². The van der Waals surface area contributed by atoms with Crippen molar-refractivity contribution >= 4 is 22.3 Å². The molecular weight excluding hydrogens is 485 g/mol. The lowest BCUT2D eigenvalue weighted by Crippen LogP contribution is -2.43. The standard InChI is InChI=1S/C26H26FN3O5S/c27-36(32,33)35-20-14-18(13-19(15-20)30-11-9-28-10-12-30)16-29-26(31)34-17-25-23-7-3-1-5-21(23)22-6-2-4-8-24(22)25/h1-8,13-15,25,28H,9-12,16-17H2,(H,29,31). The second-order valence-corrected chi connectivity index (χ2v) is 9.68. The fraction of sp³-hybridized carbons (Fsp3) is 0.269. The Morgan fingerprint density at radius 1 is 1.00 bits per heavy atom. The third-order valence-corrected chi connectivity index (χ3v) is 6.80. The molecule has 3 aromatic rings. The van der Waals surface area contributed by atoms with E-state index in [4.69, 9.17) is 4.74 Å². The minimum absolute atomic E-state index is 0.0549. The zero-order valence-electron chi connectivity index (χ0n) is 19.4. The smallest absolute Gasteiger partial charge is 0.449 e. The van der Waals surface area contributed by atoms with E-state index in [1.54, 1.807) is 0 Å². The number of halogens is 1. The van der Waals surface area contributed by atoms with Crippen LogP contribution in [0, 0.1) is 0 Å². The van der Waals surface area contributed by atoms with E-state index in [0.717, 1.165) is 35.3 Å². The summed E-state index contributed by atoms with van der Waals surface area (Å²) in [6.45, 7) is 3.16. The molecule has 1 fully saturated rings. The molecule has 1 heterocycles. The molecule has 1 amide bonds. The van der Waals surface area contributed by atoms with Crippen LogP contribution in [0.1, 0.15) is 22.6 Å². The van der Waals surface area contributed by atoms with Gasteiger partial charge in [0.15, 0.2) is 0 Å². The molecule has 0 bridgehead atoms. The number of fused-ring (bicyclic) bond motifs is 3. The van der Waals surface area contributed by atoms with E-state index in [-0.39, 0.29) is 24.8 Å². The molecule has 0 aromatic heterocycles. The summed E-state index contributed by atoms with van der Waals surface area (Å²) in [6.07, 6.45) is -0.606. The summed E-state index contributed by atoms with van der Waals surface area (Å²) < 4.78 is 45.3. The van der Waals surface area contributed by atoms with E-state index in [1.165, 1.54) is 12.1 Å². The SMILES string of the molecule is O=C(NCc1cc(OS(=O)(=O)F)cc(N2CCNCC2)c1)OCC1c2ccccc2-c2ccccc21. The Balaban J connectivity index is 1.26. The molecule has 0 spiro atoms. The maximum Gasteiger partial charge on any atom is 0.488 e. The predicted molar refractivity (Wildman–Crippen MR) is 134 cm³/mol. The van der Waals surface area contributed by atoms with Crippen LogP contribution in [-0.4, -0.2) is 47.3 Å². The maximum absolute atomic E-state index is 13.2. The van der Waals surface area contributed by atoms with Gasteiger partial charge in [-0.2, -0.15) is 8.42 Å². The van der Waals surface area contributed by atoms with Crippen LogP contribution in [0.5, 0.6) is 5.75 Å². The predicted octanol–water partition coefficient (Wildman–Crippen LogP) is 3.73. The first-order valence-corrected chi connectivity index (χ1v) is 13.0. The van der Waals surface area contributed by atoms with Crippen molar-refractivity contribution in [1.29, 1.82) is 0 Å². The molecule has 3 aromatic carbocycles. The summed E-state index contributed by atoms with van der Waals surface area (Å²) in [6, 6.07) is 20.8. The summed E-state index contributed by atoms with van der Waals surface area (Å²) in [7, 11) is -5.18. The number of amides is 1. The molecule has 2 aliphatic rings. The number of ether oxygens (including phenoxy) is 1. The van der Waals surface area contributed by atoms with Crippen molar-refractivity contribution in [2.45, 2.75) is 12.5 Å². The number of alkyl carbamates (subject to hydrolysis) is 1. The third kappa shape index (κ3) is 5.44. The molecule has 8 nitrogen and oxygen atoms in total. The van der Waals surface area contributed by atoms with Gasteiger partial charge in [-0.15, -0.1) is 0 Å². The summed E-state index contributed by atoms with van der Waals surface area (Å²) >= 11 is 0. The zero-order chi connectivity index (χ0) is 25.1. The molecule has 188 valence electrons. The van der Waals surface area contributed by atoms with Gasteiger partial charge < -0.3 is 24.5 Å². The minimum Gasteiger partial charge on any atom is -0.449 e. The van der Waals surface area contributed by atoms with Crippen molar-refractivity contribution in [2.75, 3.05) is 37.7 Å². The van der Waals surface area contributed by atoms with Gasteiger partial charge in [-0.05, 0) is 39.9 Å². The van der Waals surface area contributed by atoms with Gasteiger partial charge in [0.2, 0.25) is 0 Å². The van der Waals surface area contributed by atoms with Crippen LogP contribution in [0.2, 0.25) is 0 Å². The lowest BCUT2D eigenvalue weighted by Gasteiger charge is -2.30. The van der Waals surface area contributed by atoms with E-state index in [0.29, 0.717) is 24.3 Å². The lowest BCUT2D eigenvalue weighted by molar-refractivity contribution is 0.142. The number of benzene rings is 3. The average molecular weight is 512 g/mol. The number of hydrogen-bond acceptors (Lipinski definition) is 7. The second-order valence-electron chi connectivity index (χ2n) is 8.73. The Hall–Kier alpha value is -3.63. The Bertz CT molecular complexity index is 1330. The number of nitrogens with zero attached hydrogens (tertiary/aromatic N) is 1. The van der Waals surface area contributed by atoms with Crippen molar-refractivity contribution in [3.05, 3.63) is 83.4 Å². The van der Waals surface area contributed by atoms with E-state index in [2.05, 4.69) is 26.9 Å². The quantitative estimate of drug-likeness (QED) is 0.467. The van der Waals surface area contributed by atoms with E-state index >= 15 is 0 Å². The topological polar surface area (TPSA) is 97.0 Å². The highest BCUT2D eigenvalue weighted by Gasteiger charge is 2.29. The van der Waals surface area contributed by atoms with Gasteiger partial charge in [-0.25, -0.2) is 4.79 Å². The summed E-state index contributed by atoms with van der Waals surface area (Å²) in [5.41, 5.74) is 5.75. The summed E-state index contributed by atoms with van der Waals surface area (Å²) in [5, 5.41) is 5.94. The third-order valence-electron chi connectivity index (χ3n) is 6.41. The molecule has 0 saturated carbocycles. The van der Waals surface area contributed by atoms with Crippen LogP contribution < -0.4 is 19.7 Å². The zero-order valence-corrected chi connectivity index (χ0v) is 20.3. The van der Waals surface area contributed by atoms with Crippen LogP contribution in [0.15, 0.2) is 66.7 Å². The Labute approximate surface area is 209 Å². The number of piperazine rings is 1. The molecule has 5 rings (SSSR count). The van der Waals surface area contributed by atoms with Crippen LogP contribution in [0.4, 0.5) is 14.4 Å². The summed E-state index contributed by atoms with van der Waals surface area (Å²) in [4.78, 5) is 14.6. The molecule has 2 N–H and O–H groups in total. The first-order valence-electron chi connectivity index (χ1n) is 11.7. The highest BCUT2D eigenvalue weighted by molar-refractivity contribution is 7.81. The Morgan fingerprint density at radius 3 is 2.28 bits per heavy atom. The highest BCUT2D eigenvalue weighted by Crippen LogP contribution is 2.44. The second kappa shape index (κ2) is 10.2. The van der Waals surface area contributed by atoms with Gasteiger partial charge in [0.05, 0.1) is 0 Å². The van der Waals surface area contributed by atoms with Crippen molar-refractivity contribution < 1.29 is 26.0 Å². The average Bonchev–Trinajstić information content (AvgIpc) is 3.19. The number of rotatable bonds is 7. The maximum atomic E-state index is 13.2. The van der Waals surface area contributed by atoms with Gasteiger partial charge in [-0.3, -0.25) is 0 Å². The molecule has 0 radical (unpaired) electrons. The Morgan fingerprint density at radius 2 is 1.64 bits per heavy atom. The molecule has 36 heavy (non-hydrogen) atoms. The fourth-order valence-electron chi connectivity index (χ4n) is 4.84. The van der Waals surface area contributed by atoms with Gasteiger partial charge in [0, 0.05) is 50.4 Å². The van der Waals surface area contributed by atoms with Gasteiger partial charge in [-0.1, -0.05) is 52.4 Å². The van der Waals surface area contributed by atoms with Gasteiger partial charge in [0.25, 0.3) is 0 Å². The van der Waals surface area contributed by atoms with Crippen molar-refractivity contribution in [1.82, 2.24) is 10.6 Å². The number of hydrogen-bond donors (Lipinski definition) is 2. The Kier molecular flexibility index (Phi) is 6.80. The number of anilines is 1. The monoisotopic (exact) mass is 511 g/mol. The molecule has 0 atom stereocenters. The van der Waals surface area contributed by atoms with Gasteiger partial charge >= 0.3 is 16.6 Å². The summed E-state index contributed by atoms with van der Waals surface area (Å²) in [5.74, 6) is -0.216. The number of carbonyl (C=O) groups excluding carboxylic acids is 1. The number of carbonyl (C=O) groups is 1. The first kappa shape index (κ1) is 24.1. The van der Waals surface area contributed by atoms with E-state index in [1.807, 2.05) is 47.4 Å². The van der Waals surface area contributed by atoms with Gasteiger partial charge in [0.1, 0.15) is 12.4 Å². The van der Waals surface area contributed by atoms with Crippen LogP contribution >= 0.6 is 0 Å². The van der Waals surface area contributed by atoms with Crippen LogP contribution in [0.25, 0.3) is 11.1 Å². The first-order chi connectivity index (χ1) is 17.4. The largest absolute Gasteiger partial charge is 0.488 e. The molecule has 1 aliphatic heterocycles. The molecule has 1 saturated heterocycles. The normalized spacial score (nSPS) is 15.2. The molecule has 1 aliphatic carbocycles. The van der Waals surface area contributed by atoms with Crippen LogP contribution in [-0.2, 0) is 21.8 Å². The van der Waals surface area contributed by atoms with E-state index in [9.17, 15) is 17.1 Å². The highest BCUT2D eigenvalue weighted by atomic mass is 32.3. The molecule has 10 heteroatoms. The molecular formula is C26H26FN3O5S.